The van der Waals surface area contributed by atoms with Gasteiger partial charge in [-0.25, -0.2) is 41.9 Å². The van der Waals surface area contributed by atoms with E-state index in [4.69, 9.17) is 0 Å². The lowest BCUT2D eigenvalue weighted by atomic mass is 9.95. The van der Waals surface area contributed by atoms with Gasteiger partial charge in [-0.15, -0.1) is 0 Å². The van der Waals surface area contributed by atoms with E-state index in [0.717, 1.165) is 6.07 Å². The van der Waals surface area contributed by atoms with Gasteiger partial charge in [0, 0.05) is 56.8 Å². The van der Waals surface area contributed by atoms with Gasteiger partial charge in [0.05, 0.1) is 44.6 Å². The van der Waals surface area contributed by atoms with Gasteiger partial charge in [0.15, 0.2) is 34.9 Å². The third kappa shape index (κ3) is 5.93. The van der Waals surface area contributed by atoms with E-state index in [1.54, 1.807) is 126 Å². The Bertz CT molecular complexity index is 3260. The summed E-state index contributed by atoms with van der Waals surface area (Å²) in [7, 11) is 0. The summed E-state index contributed by atoms with van der Waals surface area (Å²) in [6.45, 7) is 5.41. The molecule has 0 aliphatic rings. The second-order valence-electron chi connectivity index (χ2n) is 13.7. The quantitative estimate of drug-likeness (QED) is 0.0552. The number of para-hydroxylation sites is 2. The number of allylic oxidation sites excluding steroid dienone is 1. The Hall–Kier alpha value is -7.48. The minimum atomic E-state index is -5.37. The van der Waals surface area contributed by atoms with Gasteiger partial charge in [0.1, 0.15) is 0 Å². The van der Waals surface area contributed by atoms with Crippen molar-refractivity contribution in [3.05, 3.63) is 168 Å². The molecule has 6 nitrogen and oxygen atoms in total. The first-order valence-electron chi connectivity index (χ1n) is 18.2. The zero-order valence-electron chi connectivity index (χ0n) is 31.0. The Balaban J connectivity index is 1.47. The van der Waals surface area contributed by atoms with Gasteiger partial charge in [-0.2, -0.15) is 13.2 Å². The number of halogens is 8. The lowest BCUT2D eigenvalue weighted by Gasteiger charge is -2.22. The highest BCUT2D eigenvalue weighted by molar-refractivity contribution is 6.14. The van der Waals surface area contributed by atoms with Crippen LogP contribution in [0.25, 0.3) is 77.5 Å². The van der Waals surface area contributed by atoms with Crippen molar-refractivity contribution >= 4 is 56.2 Å². The van der Waals surface area contributed by atoms with Crippen molar-refractivity contribution < 1.29 is 35.1 Å². The molecule has 0 atom stereocenters. The van der Waals surface area contributed by atoms with Crippen molar-refractivity contribution in [1.29, 1.82) is 0 Å². The molecule has 9 aromatic rings. The fourth-order valence-corrected chi connectivity index (χ4v) is 7.76. The summed E-state index contributed by atoms with van der Waals surface area (Å²) in [5, 5.41) is 2.43. The van der Waals surface area contributed by atoms with E-state index in [0.29, 0.717) is 66.6 Å². The number of benzene rings is 6. The van der Waals surface area contributed by atoms with Crippen LogP contribution >= 0.6 is 0 Å². The van der Waals surface area contributed by atoms with Gasteiger partial charge in [-0.1, -0.05) is 42.5 Å². The molecular weight excluding hydrogens is 789 g/mol. The Labute approximate surface area is 334 Å². The fourth-order valence-electron chi connectivity index (χ4n) is 7.76. The molecule has 9 rings (SSSR count). The monoisotopic (exact) mass is 814 g/mol. The van der Waals surface area contributed by atoms with E-state index in [1.165, 1.54) is 6.20 Å². The van der Waals surface area contributed by atoms with E-state index in [2.05, 4.69) is 26.7 Å². The maximum absolute atomic E-state index is 15.7. The molecule has 0 aliphatic carbocycles. The van der Waals surface area contributed by atoms with Gasteiger partial charge in [0.25, 0.3) is 0 Å². The number of hydrogen-bond acceptors (Lipinski definition) is 3. The van der Waals surface area contributed by atoms with Crippen molar-refractivity contribution in [3.63, 3.8) is 0 Å². The van der Waals surface area contributed by atoms with Crippen LogP contribution < -0.4 is 0 Å². The first-order valence-corrected chi connectivity index (χ1v) is 18.2. The summed E-state index contributed by atoms with van der Waals surface area (Å²) in [4.78, 5) is 17.1. The van der Waals surface area contributed by atoms with Crippen LogP contribution in [0.15, 0.2) is 138 Å². The normalized spacial score (nSPS) is 12.5. The largest absolute Gasteiger partial charge is 0.417 e. The first-order chi connectivity index (χ1) is 28.9. The van der Waals surface area contributed by atoms with E-state index in [-0.39, 0.29) is 17.2 Å². The summed E-state index contributed by atoms with van der Waals surface area (Å²) >= 11 is 0. The predicted octanol–water partition coefficient (Wildman–Crippen LogP) is 12.7. The molecule has 0 spiro atoms. The summed E-state index contributed by atoms with van der Waals surface area (Å²) < 4.78 is 125. The number of aromatic nitrogens is 4. The van der Waals surface area contributed by atoms with Gasteiger partial charge < -0.3 is 9.13 Å². The van der Waals surface area contributed by atoms with Crippen LogP contribution in [0.1, 0.15) is 18.1 Å². The highest BCUT2D eigenvalue weighted by Crippen LogP contribution is 2.47. The summed E-state index contributed by atoms with van der Waals surface area (Å²) in [5.74, 6) is -11.4. The number of nitrogens with zero attached hydrogens (tertiary/aromatic N) is 6. The van der Waals surface area contributed by atoms with Crippen LogP contribution in [-0.4, -0.2) is 31.7 Å². The summed E-state index contributed by atoms with van der Waals surface area (Å²) in [5.41, 5.74) is -1.94. The molecule has 14 heteroatoms. The second-order valence-corrected chi connectivity index (χ2v) is 13.7. The first kappa shape index (κ1) is 38.1. The maximum Gasteiger partial charge on any atom is 0.417 e. The molecule has 60 heavy (non-hydrogen) atoms. The van der Waals surface area contributed by atoms with E-state index in [9.17, 15) is 13.2 Å². The molecule has 6 aromatic carbocycles. The lowest BCUT2D eigenvalue weighted by Crippen LogP contribution is -2.14. The van der Waals surface area contributed by atoms with Crippen molar-refractivity contribution in [1.82, 2.24) is 19.1 Å². The maximum atomic E-state index is 15.7. The zero-order valence-corrected chi connectivity index (χ0v) is 31.0. The standard InChI is InChI=1S/C46H26F8N6/c1-3-17-56-44(55-2)24-13-15-34-28(20-24)26-9-4-6-11-32(26)59(34)36-22-30(38-39(47)41(49)43(51)42(50)40(38)48)31(46(52,53)54)23-37(36)60-33-12-7-5-10-27(33)29-21-25(14-16-35(29)60)45-57-18-8-19-58-45/h3-23H,2H2,1H3/b17-3-,56-44?. The summed E-state index contributed by atoms with van der Waals surface area (Å²) in [6.07, 6.45) is 1.02. The molecule has 0 bridgehead atoms. The molecule has 0 radical (unpaired) electrons. The Kier molecular flexibility index (Phi) is 9.14. The van der Waals surface area contributed by atoms with E-state index < -0.39 is 52.0 Å². The average Bonchev–Trinajstić information content (AvgIpc) is 3.77. The van der Waals surface area contributed by atoms with Gasteiger partial charge in [-0.3, -0.25) is 0 Å². The summed E-state index contributed by atoms with van der Waals surface area (Å²) in [6, 6.07) is 27.4. The number of amidine groups is 1. The van der Waals surface area contributed by atoms with Crippen LogP contribution in [0.4, 0.5) is 35.1 Å². The molecule has 3 aromatic heterocycles. The van der Waals surface area contributed by atoms with Gasteiger partial charge >= 0.3 is 6.18 Å². The highest BCUT2D eigenvalue weighted by Gasteiger charge is 2.39. The number of alkyl halides is 3. The number of fused-ring (bicyclic) bond motifs is 6. The molecule has 0 fully saturated rings. The van der Waals surface area contributed by atoms with Crippen LogP contribution in [-0.2, 0) is 6.18 Å². The minimum Gasteiger partial charge on any atom is -0.307 e. The molecule has 0 saturated heterocycles. The molecular formula is C46H26F8N6. The topological polar surface area (TPSA) is 60.4 Å². The van der Waals surface area contributed by atoms with Crippen molar-refractivity contribution in [2.24, 2.45) is 9.98 Å². The number of hydrogen-bond donors (Lipinski definition) is 0. The second kappa shape index (κ2) is 14.4. The van der Waals surface area contributed by atoms with Gasteiger partial charge in [-0.05, 0) is 80.4 Å². The fraction of sp³-hybridized carbons (Fsp3) is 0.0435. The number of aliphatic imine (C=N–C) groups is 2. The third-order valence-corrected chi connectivity index (χ3v) is 10.3. The molecule has 0 unspecified atom stereocenters. The Morgan fingerprint density at radius 3 is 1.73 bits per heavy atom. The number of rotatable bonds is 6. The van der Waals surface area contributed by atoms with Crippen molar-refractivity contribution in [3.8, 4) is 33.9 Å². The van der Waals surface area contributed by atoms with Crippen LogP contribution in [0, 0.1) is 29.1 Å². The van der Waals surface area contributed by atoms with Gasteiger partial charge in [0.2, 0.25) is 5.82 Å². The molecule has 0 N–H and O–H groups in total. The van der Waals surface area contributed by atoms with Crippen molar-refractivity contribution in [2.75, 3.05) is 0 Å². The SMILES string of the molecule is C=NC(=N/C=C\C)c1ccc2c(c1)c1ccccc1n2-c1cc(-c2c(F)c(F)c(F)c(F)c2F)c(C(F)(F)F)cc1-n1c2ccccc2c2cc(-c3ncccn3)ccc21. The van der Waals surface area contributed by atoms with Crippen LogP contribution in [0.2, 0.25) is 0 Å². The van der Waals surface area contributed by atoms with E-state index >= 15 is 22.0 Å². The molecule has 0 saturated carbocycles. The third-order valence-electron chi connectivity index (χ3n) is 10.3. The van der Waals surface area contributed by atoms with Crippen molar-refractivity contribution in [2.45, 2.75) is 13.1 Å². The van der Waals surface area contributed by atoms with Crippen LogP contribution in [0.5, 0.6) is 0 Å². The highest BCUT2D eigenvalue weighted by atomic mass is 19.4. The predicted molar refractivity (Wildman–Crippen MR) is 217 cm³/mol. The van der Waals surface area contributed by atoms with E-state index in [1.807, 2.05) is 0 Å². The minimum absolute atomic E-state index is 0.0799. The smallest absolute Gasteiger partial charge is 0.307 e. The Morgan fingerprint density at radius 1 is 0.617 bits per heavy atom. The molecule has 0 aliphatic heterocycles. The molecule has 0 amide bonds. The van der Waals surface area contributed by atoms with Crippen LogP contribution in [0.3, 0.4) is 0 Å². The Morgan fingerprint density at radius 2 is 1.15 bits per heavy atom. The average molecular weight is 815 g/mol. The molecule has 296 valence electrons. The molecule has 3 heterocycles. The lowest BCUT2D eigenvalue weighted by molar-refractivity contribution is -0.137. The zero-order chi connectivity index (χ0) is 42.0.